The predicted molar refractivity (Wildman–Crippen MR) is 124 cm³/mol. The van der Waals surface area contributed by atoms with Crippen molar-refractivity contribution in [1.82, 2.24) is 25.1 Å². The average Bonchev–Trinajstić information content (AvgIpc) is 3.43. The molecule has 0 fully saturated rings. The molecular weight excluding hydrogens is 384 g/mol. The highest BCUT2D eigenvalue weighted by Crippen LogP contribution is 2.35. The molecule has 6 nitrogen and oxygen atoms in total. The van der Waals surface area contributed by atoms with E-state index in [9.17, 15) is 0 Å². The van der Waals surface area contributed by atoms with Gasteiger partial charge in [0.15, 0.2) is 0 Å². The van der Waals surface area contributed by atoms with Crippen molar-refractivity contribution in [3.63, 3.8) is 0 Å². The number of benzene rings is 2. The van der Waals surface area contributed by atoms with E-state index in [4.69, 9.17) is 5.73 Å². The van der Waals surface area contributed by atoms with E-state index >= 15 is 0 Å². The molecular formula is C25H18N6. The van der Waals surface area contributed by atoms with Gasteiger partial charge in [-0.2, -0.15) is 5.10 Å². The van der Waals surface area contributed by atoms with Crippen molar-refractivity contribution < 1.29 is 0 Å². The van der Waals surface area contributed by atoms with Crippen molar-refractivity contribution in [3.8, 4) is 33.6 Å². The van der Waals surface area contributed by atoms with E-state index in [0.717, 1.165) is 55.4 Å². The first-order chi connectivity index (χ1) is 15.3. The van der Waals surface area contributed by atoms with Gasteiger partial charge in [0.2, 0.25) is 0 Å². The smallest absolute Gasteiger partial charge is 0.116 e. The van der Waals surface area contributed by atoms with Crippen LogP contribution < -0.4 is 5.73 Å². The minimum absolute atomic E-state index is 0.642. The van der Waals surface area contributed by atoms with Gasteiger partial charge < -0.3 is 10.7 Å². The van der Waals surface area contributed by atoms with E-state index < -0.39 is 0 Å². The van der Waals surface area contributed by atoms with Crippen LogP contribution in [0.2, 0.25) is 0 Å². The maximum atomic E-state index is 5.92. The molecule has 4 heterocycles. The Hall–Kier alpha value is -4.45. The molecule has 0 aliphatic carbocycles. The zero-order chi connectivity index (χ0) is 20.8. The summed E-state index contributed by atoms with van der Waals surface area (Å²) in [5.74, 6) is 0. The number of aromatic amines is 2. The first-order valence-corrected chi connectivity index (χ1v) is 9.98. The Bertz CT molecular complexity index is 1550. The molecule has 0 radical (unpaired) electrons. The van der Waals surface area contributed by atoms with Gasteiger partial charge in [0.1, 0.15) is 5.69 Å². The average molecular weight is 402 g/mol. The minimum atomic E-state index is 0.642. The molecule has 31 heavy (non-hydrogen) atoms. The quantitative estimate of drug-likeness (QED) is 0.368. The largest absolute Gasteiger partial charge is 0.397 e. The van der Waals surface area contributed by atoms with Crippen molar-refractivity contribution in [1.29, 1.82) is 0 Å². The van der Waals surface area contributed by atoms with Crippen LogP contribution in [-0.2, 0) is 0 Å². The van der Waals surface area contributed by atoms with Crippen LogP contribution in [0, 0.1) is 0 Å². The number of aromatic nitrogens is 5. The summed E-state index contributed by atoms with van der Waals surface area (Å²) in [5, 5.41) is 9.93. The van der Waals surface area contributed by atoms with Gasteiger partial charge in [-0.15, -0.1) is 0 Å². The molecule has 0 saturated carbocycles. The molecule has 148 valence electrons. The summed E-state index contributed by atoms with van der Waals surface area (Å²) in [6.45, 7) is 0. The van der Waals surface area contributed by atoms with Crippen LogP contribution in [-0.4, -0.2) is 25.1 Å². The molecule has 4 N–H and O–H groups in total. The Morgan fingerprint density at radius 1 is 0.710 bits per heavy atom. The lowest BCUT2D eigenvalue weighted by atomic mass is 10.0. The second-order valence-electron chi connectivity index (χ2n) is 7.53. The van der Waals surface area contributed by atoms with Crippen LogP contribution >= 0.6 is 0 Å². The molecule has 6 aromatic rings. The second kappa shape index (κ2) is 6.81. The van der Waals surface area contributed by atoms with E-state index in [2.05, 4.69) is 61.5 Å². The number of anilines is 1. The van der Waals surface area contributed by atoms with Crippen LogP contribution in [0.5, 0.6) is 0 Å². The number of hydrogen-bond donors (Lipinski definition) is 3. The number of pyridine rings is 2. The SMILES string of the molecule is Nc1cncc(-c2ccc3[nH]nc(-c4cc5c(-c6cccnc6)cccc5[nH]4)c3c2)c1. The highest BCUT2D eigenvalue weighted by atomic mass is 15.1. The first kappa shape index (κ1) is 17.4. The molecule has 4 aromatic heterocycles. The fraction of sp³-hybridized carbons (Fsp3) is 0. The molecule has 0 amide bonds. The van der Waals surface area contributed by atoms with Gasteiger partial charge >= 0.3 is 0 Å². The van der Waals surface area contributed by atoms with Gasteiger partial charge in [-0.25, -0.2) is 0 Å². The van der Waals surface area contributed by atoms with Crippen LogP contribution in [0.25, 0.3) is 55.4 Å². The van der Waals surface area contributed by atoms with Gasteiger partial charge in [-0.1, -0.05) is 24.3 Å². The van der Waals surface area contributed by atoms with Crippen LogP contribution in [0.4, 0.5) is 5.69 Å². The number of nitrogen functional groups attached to an aromatic ring is 1. The Kier molecular flexibility index (Phi) is 3.83. The lowest BCUT2D eigenvalue weighted by molar-refractivity contribution is 1.12. The number of H-pyrrole nitrogens is 2. The fourth-order valence-electron chi connectivity index (χ4n) is 4.07. The van der Waals surface area contributed by atoms with Crippen molar-refractivity contribution in [2.45, 2.75) is 0 Å². The highest BCUT2D eigenvalue weighted by Gasteiger charge is 2.14. The summed E-state index contributed by atoms with van der Waals surface area (Å²) in [6.07, 6.45) is 7.14. The monoisotopic (exact) mass is 402 g/mol. The van der Waals surface area contributed by atoms with Gasteiger partial charge in [-0.05, 0) is 47.5 Å². The van der Waals surface area contributed by atoms with Crippen LogP contribution in [0.3, 0.4) is 0 Å². The molecule has 2 aromatic carbocycles. The van der Waals surface area contributed by atoms with E-state index in [1.54, 1.807) is 12.4 Å². The first-order valence-electron chi connectivity index (χ1n) is 9.98. The summed E-state index contributed by atoms with van der Waals surface area (Å²) in [7, 11) is 0. The Labute approximate surface area is 177 Å². The van der Waals surface area contributed by atoms with Gasteiger partial charge in [0, 0.05) is 52.2 Å². The predicted octanol–water partition coefficient (Wildman–Crippen LogP) is 5.42. The van der Waals surface area contributed by atoms with Crippen LogP contribution in [0.1, 0.15) is 0 Å². The Morgan fingerprint density at radius 3 is 2.52 bits per heavy atom. The molecule has 0 aliphatic rings. The number of nitrogens with zero attached hydrogens (tertiary/aromatic N) is 3. The fourth-order valence-corrected chi connectivity index (χ4v) is 4.07. The Morgan fingerprint density at radius 2 is 1.65 bits per heavy atom. The molecule has 0 aliphatic heterocycles. The highest BCUT2D eigenvalue weighted by molar-refractivity contribution is 6.01. The number of fused-ring (bicyclic) bond motifs is 2. The maximum absolute atomic E-state index is 5.92. The number of nitrogens with one attached hydrogen (secondary N) is 2. The molecule has 0 spiro atoms. The molecule has 6 rings (SSSR count). The minimum Gasteiger partial charge on any atom is -0.397 e. The second-order valence-corrected chi connectivity index (χ2v) is 7.53. The van der Waals surface area contributed by atoms with Gasteiger partial charge in [0.05, 0.1) is 16.9 Å². The molecule has 6 heteroatoms. The third-order valence-corrected chi connectivity index (χ3v) is 5.55. The number of hydrogen-bond acceptors (Lipinski definition) is 4. The van der Waals surface area contributed by atoms with E-state index in [0.29, 0.717) is 5.69 Å². The van der Waals surface area contributed by atoms with Crippen molar-refractivity contribution in [3.05, 3.63) is 85.5 Å². The standard InChI is InChI=1S/C25H18N6/c26-18-9-17(13-28-14-18)15-6-7-23-21(10-15)25(31-30-23)24-11-20-19(4-1-5-22(20)29-24)16-3-2-8-27-12-16/h1-14,29H,26H2,(H,30,31). The molecule has 0 saturated heterocycles. The molecule has 0 unspecified atom stereocenters. The van der Waals surface area contributed by atoms with Gasteiger partial charge in [-0.3, -0.25) is 15.1 Å². The summed E-state index contributed by atoms with van der Waals surface area (Å²) in [5.41, 5.74) is 14.7. The summed E-state index contributed by atoms with van der Waals surface area (Å²) >= 11 is 0. The van der Waals surface area contributed by atoms with E-state index in [1.165, 1.54) is 0 Å². The Balaban J connectivity index is 1.51. The van der Waals surface area contributed by atoms with Crippen LogP contribution in [0.15, 0.2) is 85.5 Å². The van der Waals surface area contributed by atoms with Gasteiger partial charge in [0.25, 0.3) is 0 Å². The van der Waals surface area contributed by atoms with E-state index in [1.807, 2.05) is 36.7 Å². The van der Waals surface area contributed by atoms with E-state index in [-0.39, 0.29) is 0 Å². The summed E-state index contributed by atoms with van der Waals surface area (Å²) < 4.78 is 0. The molecule has 0 atom stereocenters. The normalized spacial score (nSPS) is 11.4. The molecule has 0 bridgehead atoms. The summed E-state index contributed by atoms with van der Waals surface area (Å²) in [6, 6.07) is 20.6. The van der Waals surface area contributed by atoms with Crippen molar-refractivity contribution in [2.24, 2.45) is 0 Å². The zero-order valence-electron chi connectivity index (χ0n) is 16.5. The zero-order valence-corrected chi connectivity index (χ0v) is 16.5. The third-order valence-electron chi connectivity index (χ3n) is 5.55. The third kappa shape index (κ3) is 2.93. The summed E-state index contributed by atoms with van der Waals surface area (Å²) in [4.78, 5) is 12.0. The number of nitrogens with two attached hydrogens (primary N) is 1. The number of rotatable bonds is 3. The van der Waals surface area contributed by atoms with Crippen molar-refractivity contribution in [2.75, 3.05) is 5.73 Å². The maximum Gasteiger partial charge on any atom is 0.116 e. The lowest BCUT2D eigenvalue weighted by Gasteiger charge is -2.03. The topological polar surface area (TPSA) is 96.3 Å². The van der Waals surface area contributed by atoms with Crippen molar-refractivity contribution >= 4 is 27.5 Å². The lowest BCUT2D eigenvalue weighted by Crippen LogP contribution is -1.87.